The molecule has 0 unspecified atom stereocenters. The number of carbonyl (C=O) groups excluding carboxylic acids is 2. The van der Waals surface area contributed by atoms with Crippen molar-refractivity contribution in [3.63, 3.8) is 0 Å². The number of benzene rings is 3. The summed E-state index contributed by atoms with van der Waals surface area (Å²) >= 11 is 0. The number of aromatic nitrogens is 2. The second kappa shape index (κ2) is 10.2. The van der Waals surface area contributed by atoms with Gasteiger partial charge in [0.1, 0.15) is 17.1 Å². The maximum absolute atomic E-state index is 13.1. The Labute approximate surface area is 230 Å². The van der Waals surface area contributed by atoms with E-state index >= 15 is 0 Å². The third-order valence-corrected chi connectivity index (χ3v) is 6.40. The zero-order chi connectivity index (χ0) is 28.6. The molecule has 0 aliphatic heterocycles. The molecule has 10 nitrogen and oxygen atoms in total. The molecule has 3 N–H and O–H groups in total. The van der Waals surface area contributed by atoms with Crippen molar-refractivity contribution in [3.05, 3.63) is 77.7 Å². The average Bonchev–Trinajstić information content (AvgIpc) is 3.41. The summed E-state index contributed by atoms with van der Waals surface area (Å²) in [5, 5.41) is 8.74. The van der Waals surface area contributed by atoms with E-state index in [1.807, 2.05) is 26.8 Å². The molecule has 204 valence electrons. The Morgan fingerprint density at radius 3 is 2.35 bits per heavy atom. The van der Waals surface area contributed by atoms with Gasteiger partial charge in [-0.3, -0.25) is 14.6 Å². The van der Waals surface area contributed by atoms with Gasteiger partial charge in [-0.25, -0.2) is 0 Å². The van der Waals surface area contributed by atoms with E-state index in [-0.39, 0.29) is 22.6 Å². The molecule has 0 spiro atoms. The monoisotopic (exact) mass is 540 g/mol. The number of methoxy groups -OCH3 is 2. The lowest BCUT2D eigenvalue weighted by atomic mass is 9.93. The van der Waals surface area contributed by atoms with Gasteiger partial charge in [0.25, 0.3) is 11.8 Å². The predicted octanol–water partition coefficient (Wildman–Crippen LogP) is 5.83. The van der Waals surface area contributed by atoms with Crippen LogP contribution in [-0.4, -0.2) is 36.2 Å². The first-order chi connectivity index (χ1) is 19.1. The summed E-state index contributed by atoms with van der Waals surface area (Å²) in [6.45, 7) is 5.99. The Hall–Kier alpha value is -5.12. The van der Waals surface area contributed by atoms with Crippen molar-refractivity contribution in [3.8, 4) is 23.0 Å². The van der Waals surface area contributed by atoms with Crippen LogP contribution in [0.15, 0.2) is 65.3 Å². The second-order valence-electron chi connectivity index (χ2n) is 10.2. The first-order valence-corrected chi connectivity index (χ1v) is 12.4. The third kappa shape index (κ3) is 4.98. The first-order valence-electron chi connectivity index (χ1n) is 12.4. The lowest BCUT2D eigenvalue weighted by Crippen LogP contribution is -2.13. The Morgan fingerprint density at radius 2 is 1.68 bits per heavy atom. The van der Waals surface area contributed by atoms with Crippen LogP contribution in [-0.2, 0) is 5.41 Å². The van der Waals surface area contributed by atoms with E-state index in [1.165, 1.54) is 20.4 Å². The molecule has 2 heterocycles. The first kappa shape index (κ1) is 26.5. The van der Waals surface area contributed by atoms with E-state index in [1.54, 1.807) is 48.5 Å². The van der Waals surface area contributed by atoms with Crippen LogP contribution in [0.3, 0.4) is 0 Å². The number of fused-ring (bicyclic) bond motifs is 2. The SMILES string of the molecule is COc1cc2ncc(C(N)=O)c(Oc3ccc4c(C(=O)Nc5cc(C(C)(C)C)on5)cccc4c3)c2cc1OC. The minimum atomic E-state index is -0.693. The third-order valence-electron chi connectivity index (χ3n) is 6.40. The summed E-state index contributed by atoms with van der Waals surface area (Å²) < 4.78 is 22.4. The number of pyridine rings is 1. The van der Waals surface area contributed by atoms with Gasteiger partial charge in [-0.15, -0.1) is 0 Å². The van der Waals surface area contributed by atoms with E-state index in [4.69, 9.17) is 24.5 Å². The van der Waals surface area contributed by atoms with Crippen LogP contribution in [0.4, 0.5) is 5.82 Å². The summed E-state index contributed by atoms with van der Waals surface area (Å²) in [5.41, 5.74) is 6.49. The Balaban J connectivity index is 1.51. The molecule has 0 aliphatic rings. The fourth-order valence-electron chi connectivity index (χ4n) is 4.29. The molecule has 5 rings (SSSR count). The van der Waals surface area contributed by atoms with Crippen LogP contribution in [0.25, 0.3) is 21.7 Å². The van der Waals surface area contributed by atoms with Crippen LogP contribution < -0.4 is 25.3 Å². The second-order valence-corrected chi connectivity index (χ2v) is 10.2. The molecular weight excluding hydrogens is 512 g/mol. The summed E-state index contributed by atoms with van der Waals surface area (Å²) in [7, 11) is 3.04. The van der Waals surface area contributed by atoms with Gasteiger partial charge in [-0.2, -0.15) is 0 Å². The van der Waals surface area contributed by atoms with Crippen molar-refractivity contribution in [2.24, 2.45) is 5.73 Å². The molecule has 0 radical (unpaired) electrons. The van der Waals surface area contributed by atoms with Gasteiger partial charge < -0.3 is 29.8 Å². The van der Waals surface area contributed by atoms with Gasteiger partial charge in [0.2, 0.25) is 0 Å². The maximum Gasteiger partial charge on any atom is 0.257 e. The van der Waals surface area contributed by atoms with Crippen molar-refractivity contribution in [1.82, 2.24) is 10.1 Å². The summed E-state index contributed by atoms with van der Waals surface area (Å²) in [6, 6.07) is 15.7. The topological polar surface area (TPSA) is 139 Å². The van der Waals surface area contributed by atoms with Gasteiger partial charge in [0, 0.05) is 34.7 Å². The smallest absolute Gasteiger partial charge is 0.257 e. The molecule has 0 bridgehead atoms. The summed E-state index contributed by atoms with van der Waals surface area (Å²) in [4.78, 5) is 29.7. The van der Waals surface area contributed by atoms with Crippen molar-refractivity contribution >= 4 is 39.3 Å². The number of primary amides is 1. The molecule has 2 amide bonds. The molecule has 0 atom stereocenters. The number of hydrogen-bond donors (Lipinski definition) is 2. The van der Waals surface area contributed by atoms with Crippen LogP contribution in [0.5, 0.6) is 23.0 Å². The molecular formula is C30H28N4O6. The van der Waals surface area contributed by atoms with Crippen LogP contribution in [0, 0.1) is 0 Å². The molecule has 5 aromatic rings. The van der Waals surface area contributed by atoms with Crippen molar-refractivity contribution in [1.29, 1.82) is 0 Å². The Morgan fingerprint density at radius 1 is 0.925 bits per heavy atom. The number of ether oxygens (including phenoxy) is 3. The number of carbonyl (C=O) groups is 2. The lowest BCUT2D eigenvalue weighted by Gasteiger charge is -2.15. The van der Waals surface area contributed by atoms with Gasteiger partial charge in [0.05, 0.1) is 19.7 Å². The van der Waals surface area contributed by atoms with E-state index in [0.717, 1.165) is 5.39 Å². The predicted molar refractivity (Wildman–Crippen MR) is 151 cm³/mol. The molecule has 2 aromatic heterocycles. The highest BCUT2D eigenvalue weighted by Crippen LogP contribution is 2.39. The van der Waals surface area contributed by atoms with E-state index in [2.05, 4.69) is 15.5 Å². The number of nitrogens with one attached hydrogen (secondary N) is 1. The van der Waals surface area contributed by atoms with Crippen molar-refractivity contribution < 1.29 is 28.3 Å². The largest absolute Gasteiger partial charge is 0.493 e. The average molecular weight is 541 g/mol. The van der Waals surface area contributed by atoms with Gasteiger partial charge in [-0.1, -0.05) is 38.1 Å². The molecule has 3 aromatic carbocycles. The Bertz CT molecular complexity index is 1770. The van der Waals surface area contributed by atoms with Gasteiger partial charge >= 0.3 is 0 Å². The normalized spacial score (nSPS) is 11.4. The highest BCUT2D eigenvalue weighted by molar-refractivity contribution is 6.13. The molecule has 10 heteroatoms. The highest BCUT2D eigenvalue weighted by atomic mass is 16.5. The quantitative estimate of drug-likeness (QED) is 0.263. The van der Waals surface area contributed by atoms with E-state index in [9.17, 15) is 9.59 Å². The number of nitrogens with zero attached hydrogens (tertiary/aromatic N) is 2. The molecule has 0 saturated carbocycles. The van der Waals surface area contributed by atoms with E-state index in [0.29, 0.717) is 50.7 Å². The molecule has 0 saturated heterocycles. The summed E-state index contributed by atoms with van der Waals surface area (Å²) in [5.74, 6) is 1.57. The lowest BCUT2D eigenvalue weighted by molar-refractivity contribution is 0.0995. The zero-order valence-electron chi connectivity index (χ0n) is 22.7. The Kier molecular flexibility index (Phi) is 6.76. The number of nitrogens with two attached hydrogens (primary N) is 1. The standard InChI is InChI=1S/C30H28N4O6/c1-30(2,3)25-14-26(34-40-25)33-29(36)19-8-6-7-16-11-17(9-10-18(16)19)39-27-20-12-23(37-4)24(38-5)13-22(20)32-15-21(27)28(31)35/h6-15H,1-5H3,(H2,31,35)(H,33,34,36). The number of anilines is 1. The van der Waals surface area contributed by atoms with Crippen molar-refractivity contribution in [2.45, 2.75) is 26.2 Å². The van der Waals surface area contributed by atoms with Gasteiger partial charge in [-0.05, 0) is 41.1 Å². The number of amides is 2. The zero-order valence-corrected chi connectivity index (χ0v) is 22.7. The molecule has 0 aliphatic carbocycles. The van der Waals surface area contributed by atoms with E-state index < -0.39 is 5.91 Å². The minimum absolute atomic E-state index is 0.107. The van der Waals surface area contributed by atoms with Crippen LogP contribution in [0.1, 0.15) is 47.2 Å². The number of hydrogen-bond acceptors (Lipinski definition) is 8. The fourth-order valence-corrected chi connectivity index (χ4v) is 4.29. The maximum atomic E-state index is 13.1. The summed E-state index contributed by atoms with van der Waals surface area (Å²) in [6.07, 6.45) is 1.37. The van der Waals surface area contributed by atoms with Gasteiger partial charge in [0.15, 0.2) is 23.1 Å². The van der Waals surface area contributed by atoms with Crippen LogP contribution in [0.2, 0.25) is 0 Å². The molecule has 0 fully saturated rings. The minimum Gasteiger partial charge on any atom is -0.493 e. The molecule has 40 heavy (non-hydrogen) atoms. The van der Waals surface area contributed by atoms with Crippen molar-refractivity contribution in [2.75, 3.05) is 19.5 Å². The number of rotatable bonds is 7. The van der Waals surface area contributed by atoms with Crippen LogP contribution >= 0.6 is 0 Å². The fraction of sp³-hybridized carbons (Fsp3) is 0.200. The highest BCUT2D eigenvalue weighted by Gasteiger charge is 2.22.